The molecule has 0 amide bonds. The van der Waals surface area contributed by atoms with Gasteiger partial charge < -0.3 is 20.1 Å². The molecule has 3 N–H and O–H groups in total. The normalized spacial score (nSPS) is 38.5. The van der Waals surface area contributed by atoms with Crippen LogP contribution in [0.25, 0.3) is 0 Å². The third-order valence-electron chi connectivity index (χ3n) is 2.15. The molecule has 4 unspecified atom stereocenters. The van der Waals surface area contributed by atoms with Crippen molar-refractivity contribution in [1.29, 1.82) is 0 Å². The summed E-state index contributed by atoms with van der Waals surface area (Å²) in [6.07, 6.45) is -1.63. The third-order valence-corrected chi connectivity index (χ3v) is 2.15. The molecule has 4 nitrogen and oxygen atoms in total. The van der Waals surface area contributed by atoms with Gasteiger partial charge in [-0.05, 0) is 6.42 Å². The summed E-state index contributed by atoms with van der Waals surface area (Å²) < 4.78 is 5.04. The van der Waals surface area contributed by atoms with Crippen molar-refractivity contribution in [1.82, 2.24) is 0 Å². The lowest BCUT2D eigenvalue weighted by molar-refractivity contribution is -0.0532. The van der Waals surface area contributed by atoms with E-state index in [9.17, 15) is 10.2 Å². The van der Waals surface area contributed by atoms with E-state index in [2.05, 4.69) is 0 Å². The van der Waals surface area contributed by atoms with Crippen molar-refractivity contribution in [3.8, 4) is 0 Å². The van der Waals surface area contributed by atoms with E-state index >= 15 is 0 Å². The summed E-state index contributed by atoms with van der Waals surface area (Å²) in [5.41, 5.74) is 0. The molecule has 1 aliphatic heterocycles. The molecule has 1 saturated heterocycles. The van der Waals surface area contributed by atoms with Crippen molar-refractivity contribution in [2.75, 3.05) is 6.61 Å². The molecule has 4 heteroatoms. The van der Waals surface area contributed by atoms with Gasteiger partial charge in [-0.25, -0.2) is 0 Å². The Morgan fingerprint density at radius 1 is 1.50 bits per heavy atom. The lowest BCUT2D eigenvalue weighted by atomic mass is 10.0. The van der Waals surface area contributed by atoms with Gasteiger partial charge in [0.15, 0.2) is 0 Å². The number of ether oxygens (including phenoxy) is 1. The minimum Gasteiger partial charge on any atom is -0.390 e. The molecule has 0 aromatic carbocycles. The van der Waals surface area contributed by atoms with Gasteiger partial charge in [0.05, 0.1) is 12.7 Å². The number of aliphatic hydroxyl groups is 3. The summed E-state index contributed by atoms with van der Waals surface area (Å²) in [5, 5.41) is 27.9. The Hall–Kier alpha value is -0.160. The zero-order chi connectivity index (χ0) is 9.14. The zero-order valence-electron chi connectivity index (χ0n) is 7.18. The minimum absolute atomic E-state index is 0.118. The second kappa shape index (κ2) is 4.18. The van der Waals surface area contributed by atoms with E-state index in [1.807, 2.05) is 6.92 Å². The van der Waals surface area contributed by atoms with Gasteiger partial charge in [0.25, 0.3) is 0 Å². The molecule has 0 saturated carbocycles. The quantitative estimate of drug-likeness (QED) is 0.530. The highest BCUT2D eigenvalue weighted by atomic mass is 16.5. The standard InChI is InChI=1S/C8H16O4/c1-2-3-5(9)8-7(11)6(10)4-12-8/h5-11H,2-4H2,1H3. The van der Waals surface area contributed by atoms with E-state index in [1.165, 1.54) is 0 Å². The third kappa shape index (κ3) is 1.95. The van der Waals surface area contributed by atoms with Crippen LogP contribution in [0.1, 0.15) is 19.8 Å². The molecule has 4 atom stereocenters. The van der Waals surface area contributed by atoms with Gasteiger partial charge in [0.1, 0.15) is 18.3 Å². The van der Waals surface area contributed by atoms with Gasteiger partial charge in [-0.3, -0.25) is 0 Å². The van der Waals surface area contributed by atoms with Crippen molar-refractivity contribution < 1.29 is 20.1 Å². The first-order valence-electron chi connectivity index (χ1n) is 4.32. The Balaban J connectivity index is 2.41. The van der Waals surface area contributed by atoms with Crippen molar-refractivity contribution in [2.24, 2.45) is 0 Å². The second-order valence-corrected chi connectivity index (χ2v) is 3.21. The molecule has 0 aromatic rings. The summed E-state index contributed by atoms with van der Waals surface area (Å²) in [4.78, 5) is 0. The molecule has 1 fully saturated rings. The smallest absolute Gasteiger partial charge is 0.112 e. The summed E-state index contributed by atoms with van der Waals surface area (Å²) in [7, 11) is 0. The Morgan fingerprint density at radius 2 is 2.17 bits per heavy atom. The summed E-state index contributed by atoms with van der Waals surface area (Å²) in [6.45, 7) is 2.06. The summed E-state index contributed by atoms with van der Waals surface area (Å²) in [5.74, 6) is 0. The minimum atomic E-state index is -0.938. The van der Waals surface area contributed by atoms with Crippen LogP contribution in [0, 0.1) is 0 Å². The zero-order valence-corrected chi connectivity index (χ0v) is 7.18. The van der Waals surface area contributed by atoms with E-state index in [0.717, 1.165) is 6.42 Å². The van der Waals surface area contributed by atoms with Crippen molar-refractivity contribution in [3.05, 3.63) is 0 Å². The van der Waals surface area contributed by atoms with Gasteiger partial charge in [0.2, 0.25) is 0 Å². The fraction of sp³-hybridized carbons (Fsp3) is 1.00. The van der Waals surface area contributed by atoms with Crippen LogP contribution in [0.2, 0.25) is 0 Å². The monoisotopic (exact) mass is 176 g/mol. The van der Waals surface area contributed by atoms with Crippen LogP contribution in [0.5, 0.6) is 0 Å². The van der Waals surface area contributed by atoms with Crippen LogP contribution < -0.4 is 0 Å². The predicted molar refractivity (Wildman–Crippen MR) is 42.7 cm³/mol. The molecule has 1 aliphatic rings. The Bertz CT molecular complexity index is 139. The highest BCUT2D eigenvalue weighted by Gasteiger charge is 2.38. The Labute approximate surface area is 71.8 Å². The topological polar surface area (TPSA) is 69.9 Å². The maximum absolute atomic E-state index is 9.44. The number of hydrogen-bond donors (Lipinski definition) is 3. The van der Waals surface area contributed by atoms with Crippen LogP contribution >= 0.6 is 0 Å². The lowest BCUT2D eigenvalue weighted by Crippen LogP contribution is -2.38. The summed E-state index contributed by atoms with van der Waals surface area (Å²) in [6, 6.07) is 0. The van der Waals surface area contributed by atoms with Crippen LogP contribution in [-0.4, -0.2) is 46.3 Å². The average Bonchev–Trinajstić information content (AvgIpc) is 2.34. The highest BCUT2D eigenvalue weighted by molar-refractivity contribution is 4.87. The van der Waals surface area contributed by atoms with E-state index < -0.39 is 24.4 Å². The molecule has 12 heavy (non-hydrogen) atoms. The second-order valence-electron chi connectivity index (χ2n) is 3.21. The fourth-order valence-electron chi connectivity index (χ4n) is 1.42. The predicted octanol–water partition coefficient (Wildman–Crippen LogP) is -0.732. The molecule has 0 aromatic heterocycles. The number of aliphatic hydroxyl groups excluding tert-OH is 3. The maximum atomic E-state index is 9.44. The van der Waals surface area contributed by atoms with Crippen LogP contribution in [-0.2, 0) is 4.74 Å². The summed E-state index contributed by atoms with van der Waals surface area (Å²) >= 11 is 0. The molecule has 0 aliphatic carbocycles. The van der Waals surface area contributed by atoms with Crippen LogP contribution in [0.15, 0.2) is 0 Å². The maximum Gasteiger partial charge on any atom is 0.112 e. The number of rotatable bonds is 3. The van der Waals surface area contributed by atoms with Crippen molar-refractivity contribution in [3.63, 3.8) is 0 Å². The van der Waals surface area contributed by atoms with E-state index in [4.69, 9.17) is 9.84 Å². The first kappa shape index (κ1) is 9.92. The molecule has 0 bridgehead atoms. The average molecular weight is 176 g/mol. The van der Waals surface area contributed by atoms with E-state index in [1.54, 1.807) is 0 Å². The van der Waals surface area contributed by atoms with Crippen molar-refractivity contribution >= 4 is 0 Å². The fourth-order valence-corrected chi connectivity index (χ4v) is 1.42. The molecular weight excluding hydrogens is 160 g/mol. The van der Waals surface area contributed by atoms with Gasteiger partial charge in [-0.2, -0.15) is 0 Å². The highest BCUT2D eigenvalue weighted by Crippen LogP contribution is 2.19. The largest absolute Gasteiger partial charge is 0.390 e. The van der Waals surface area contributed by atoms with Gasteiger partial charge in [0, 0.05) is 0 Å². The van der Waals surface area contributed by atoms with E-state index in [0.29, 0.717) is 6.42 Å². The van der Waals surface area contributed by atoms with E-state index in [-0.39, 0.29) is 6.61 Å². The SMILES string of the molecule is CCCC(O)C1OCC(O)C1O. The van der Waals surface area contributed by atoms with Crippen LogP contribution in [0.3, 0.4) is 0 Å². The number of hydrogen-bond acceptors (Lipinski definition) is 4. The molecule has 72 valence electrons. The first-order chi connectivity index (χ1) is 5.66. The lowest BCUT2D eigenvalue weighted by Gasteiger charge is -2.20. The van der Waals surface area contributed by atoms with Gasteiger partial charge in [-0.1, -0.05) is 13.3 Å². The Kier molecular flexibility index (Phi) is 3.46. The molecular formula is C8H16O4. The van der Waals surface area contributed by atoms with Gasteiger partial charge >= 0.3 is 0 Å². The molecule has 1 rings (SSSR count). The molecule has 1 heterocycles. The van der Waals surface area contributed by atoms with Crippen LogP contribution in [0.4, 0.5) is 0 Å². The van der Waals surface area contributed by atoms with Crippen molar-refractivity contribution in [2.45, 2.75) is 44.2 Å². The molecule has 0 radical (unpaired) electrons. The van der Waals surface area contributed by atoms with Gasteiger partial charge in [-0.15, -0.1) is 0 Å². The first-order valence-corrected chi connectivity index (χ1v) is 4.32. The Morgan fingerprint density at radius 3 is 2.58 bits per heavy atom. The molecule has 0 spiro atoms.